The number of rotatable bonds is 7. The molecule has 1 N–H and O–H groups in total. The Labute approximate surface area is 128 Å². The second kappa shape index (κ2) is 7.59. The maximum Gasteiger partial charge on any atom is 0.137 e. The summed E-state index contributed by atoms with van der Waals surface area (Å²) in [6.07, 6.45) is 4.63. The number of aryl methyl sites for hydroxylation is 1. The summed E-state index contributed by atoms with van der Waals surface area (Å²) in [7, 11) is 2.10. The molecule has 0 spiro atoms. The summed E-state index contributed by atoms with van der Waals surface area (Å²) < 4.78 is 5.74. The SMILES string of the molecule is CCCc1nc(NCC)c(C)c(N(C)CC2CCCO2)n1. The van der Waals surface area contributed by atoms with E-state index in [-0.39, 0.29) is 0 Å². The molecule has 1 aliphatic rings. The normalized spacial score (nSPS) is 18.0. The molecular weight excluding hydrogens is 264 g/mol. The molecule has 0 amide bonds. The molecule has 0 aliphatic carbocycles. The fourth-order valence-corrected chi connectivity index (χ4v) is 2.78. The molecule has 1 atom stereocenters. The molecule has 0 aromatic carbocycles. The summed E-state index contributed by atoms with van der Waals surface area (Å²) in [5.41, 5.74) is 1.12. The molecule has 5 nitrogen and oxygen atoms in total. The van der Waals surface area contributed by atoms with Crippen LogP contribution in [0.1, 0.15) is 44.5 Å². The van der Waals surface area contributed by atoms with E-state index in [9.17, 15) is 0 Å². The Morgan fingerprint density at radius 3 is 2.76 bits per heavy atom. The molecule has 2 rings (SSSR count). The van der Waals surface area contributed by atoms with Gasteiger partial charge >= 0.3 is 0 Å². The Hall–Kier alpha value is -1.36. The third-order valence-electron chi connectivity index (χ3n) is 3.85. The van der Waals surface area contributed by atoms with Gasteiger partial charge in [0.05, 0.1) is 6.10 Å². The van der Waals surface area contributed by atoms with Crippen molar-refractivity contribution in [3.63, 3.8) is 0 Å². The predicted octanol–water partition coefficient (Wildman–Crippen LogP) is 2.78. The van der Waals surface area contributed by atoms with Gasteiger partial charge < -0.3 is 15.0 Å². The minimum Gasteiger partial charge on any atom is -0.376 e. The second-order valence-corrected chi connectivity index (χ2v) is 5.73. The average molecular weight is 292 g/mol. The van der Waals surface area contributed by atoms with Crippen molar-refractivity contribution in [3.8, 4) is 0 Å². The van der Waals surface area contributed by atoms with Gasteiger partial charge in [0.25, 0.3) is 0 Å². The van der Waals surface area contributed by atoms with E-state index in [0.717, 1.165) is 62.0 Å². The number of hydrogen-bond donors (Lipinski definition) is 1. The van der Waals surface area contributed by atoms with Crippen LogP contribution in [-0.2, 0) is 11.2 Å². The van der Waals surface area contributed by atoms with Crippen molar-refractivity contribution in [2.75, 3.05) is 37.0 Å². The summed E-state index contributed by atoms with van der Waals surface area (Å²) >= 11 is 0. The molecule has 1 aromatic heterocycles. The van der Waals surface area contributed by atoms with Crippen molar-refractivity contribution in [2.24, 2.45) is 0 Å². The van der Waals surface area contributed by atoms with Crippen LogP contribution in [-0.4, -0.2) is 42.8 Å². The zero-order chi connectivity index (χ0) is 15.2. The van der Waals surface area contributed by atoms with Crippen LogP contribution in [0.2, 0.25) is 0 Å². The summed E-state index contributed by atoms with van der Waals surface area (Å²) in [6, 6.07) is 0. The lowest BCUT2D eigenvalue weighted by Gasteiger charge is -2.25. The standard InChI is InChI=1S/C16H28N4O/c1-5-8-14-18-15(17-6-2)12(3)16(19-14)20(4)11-13-9-7-10-21-13/h13H,5-11H2,1-4H3,(H,17,18,19). The molecule has 21 heavy (non-hydrogen) atoms. The number of nitrogens with zero attached hydrogens (tertiary/aromatic N) is 3. The highest BCUT2D eigenvalue weighted by atomic mass is 16.5. The lowest BCUT2D eigenvalue weighted by Crippen LogP contribution is -2.30. The van der Waals surface area contributed by atoms with Crippen LogP contribution >= 0.6 is 0 Å². The lowest BCUT2D eigenvalue weighted by atomic mass is 10.2. The summed E-state index contributed by atoms with van der Waals surface area (Å²) in [5, 5.41) is 3.35. The second-order valence-electron chi connectivity index (χ2n) is 5.73. The highest BCUT2D eigenvalue weighted by molar-refractivity contribution is 5.58. The quantitative estimate of drug-likeness (QED) is 0.837. The van der Waals surface area contributed by atoms with E-state index in [0.29, 0.717) is 6.10 Å². The Morgan fingerprint density at radius 1 is 1.33 bits per heavy atom. The van der Waals surface area contributed by atoms with Gasteiger partial charge in [-0.15, -0.1) is 0 Å². The van der Waals surface area contributed by atoms with Gasteiger partial charge in [-0.3, -0.25) is 0 Å². The van der Waals surface area contributed by atoms with Crippen LogP contribution in [0.3, 0.4) is 0 Å². The third kappa shape index (κ3) is 4.06. The molecule has 2 heterocycles. The van der Waals surface area contributed by atoms with E-state index in [1.165, 1.54) is 6.42 Å². The van der Waals surface area contributed by atoms with Crippen molar-refractivity contribution >= 4 is 11.6 Å². The van der Waals surface area contributed by atoms with Crippen LogP contribution in [0, 0.1) is 6.92 Å². The van der Waals surface area contributed by atoms with Gasteiger partial charge in [0.1, 0.15) is 17.5 Å². The Bertz CT molecular complexity index is 458. The highest BCUT2D eigenvalue weighted by Crippen LogP contribution is 2.24. The third-order valence-corrected chi connectivity index (χ3v) is 3.85. The van der Waals surface area contributed by atoms with Crippen molar-refractivity contribution in [1.29, 1.82) is 0 Å². The van der Waals surface area contributed by atoms with Gasteiger partial charge in [0.15, 0.2) is 0 Å². The van der Waals surface area contributed by atoms with Gasteiger partial charge in [0, 0.05) is 38.7 Å². The summed E-state index contributed by atoms with van der Waals surface area (Å²) in [5.74, 6) is 2.92. The van der Waals surface area contributed by atoms with Gasteiger partial charge in [-0.1, -0.05) is 6.92 Å². The summed E-state index contributed by atoms with van der Waals surface area (Å²) in [4.78, 5) is 11.6. The minimum atomic E-state index is 0.335. The Kier molecular flexibility index (Phi) is 5.79. The largest absolute Gasteiger partial charge is 0.376 e. The molecule has 0 saturated carbocycles. The highest BCUT2D eigenvalue weighted by Gasteiger charge is 2.20. The number of anilines is 2. The molecule has 1 aromatic rings. The van der Waals surface area contributed by atoms with Crippen molar-refractivity contribution in [3.05, 3.63) is 11.4 Å². The molecular formula is C16H28N4O. The monoisotopic (exact) mass is 292 g/mol. The molecule has 0 bridgehead atoms. The molecule has 118 valence electrons. The van der Waals surface area contributed by atoms with Crippen molar-refractivity contribution in [1.82, 2.24) is 9.97 Å². The van der Waals surface area contributed by atoms with Crippen LogP contribution in [0.25, 0.3) is 0 Å². The van der Waals surface area contributed by atoms with Gasteiger partial charge in [-0.05, 0) is 33.1 Å². The first kappa shape index (κ1) is 16.0. The molecule has 1 unspecified atom stereocenters. The maximum absolute atomic E-state index is 5.74. The molecule has 1 fully saturated rings. The first-order valence-electron chi connectivity index (χ1n) is 8.09. The number of hydrogen-bond acceptors (Lipinski definition) is 5. The van der Waals surface area contributed by atoms with Crippen LogP contribution in [0.5, 0.6) is 0 Å². The van der Waals surface area contributed by atoms with Crippen LogP contribution in [0.15, 0.2) is 0 Å². The zero-order valence-corrected chi connectivity index (χ0v) is 13.8. The zero-order valence-electron chi connectivity index (χ0n) is 13.8. The fraction of sp³-hybridized carbons (Fsp3) is 0.750. The number of likely N-dealkylation sites (N-methyl/N-ethyl adjacent to an activating group) is 1. The lowest BCUT2D eigenvalue weighted by molar-refractivity contribution is 0.116. The first-order valence-corrected chi connectivity index (χ1v) is 8.09. The number of nitrogens with one attached hydrogen (secondary N) is 1. The van der Waals surface area contributed by atoms with E-state index in [1.54, 1.807) is 0 Å². The first-order chi connectivity index (χ1) is 10.2. The minimum absolute atomic E-state index is 0.335. The van der Waals surface area contributed by atoms with Gasteiger partial charge in [-0.25, -0.2) is 9.97 Å². The van der Waals surface area contributed by atoms with E-state index < -0.39 is 0 Å². The molecule has 1 aliphatic heterocycles. The van der Waals surface area contributed by atoms with Gasteiger partial charge in [0.2, 0.25) is 0 Å². The number of aromatic nitrogens is 2. The molecule has 1 saturated heterocycles. The smallest absolute Gasteiger partial charge is 0.137 e. The van der Waals surface area contributed by atoms with E-state index >= 15 is 0 Å². The Balaban J connectivity index is 2.21. The van der Waals surface area contributed by atoms with E-state index in [4.69, 9.17) is 9.72 Å². The van der Waals surface area contributed by atoms with Gasteiger partial charge in [-0.2, -0.15) is 0 Å². The topological polar surface area (TPSA) is 50.3 Å². The van der Waals surface area contributed by atoms with Crippen LogP contribution in [0.4, 0.5) is 11.6 Å². The average Bonchev–Trinajstić information content (AvgIpc) is 2.95. The summed E-state index contributed by atoms with van der Waals surface area (Å²) in [6.45, 7) is 9.01. The van der Waals surface area contributed by atoms with E-state index in [1.807, 2.05) is 0 Å². The molecule has 5 heteroatoms. The number of ether oxygens (including phenoxy) is 1. The fourth-order valence-electron chi connectivity index (χ4n) is 2.78. The predicted molar refractivity (Wildman–Crippen MR) is 87.2 cm³/mol. The van der Waals surface area contributed by atoms with Crippen molar-refractivity contribution in [2.45, 2.75) is 52.6 Å². The van der Waals surface area contributed by atoms with Crippen molar-refractivity contribution < 1.29 is 4.74 Å². The van der Waals surface area contributed by atoms with Crippen LogP contribution < -0.4 is 10.2 Å². The maximum atomic E-state index is 5.74. The molecule has 0 radical (unpaired) electrons. The van der Waals surface area contributed by atoms with E-state index in [2.05, 4.69) is 43.0 Å². The Morgan fingerprint density at radius 2 is 2.14 bits per heavy atom.